The van der Waals surface area contributed by atoms with E-state index < -0.39 is 0 Å². The number of carbonyl (C=O) groups excluding carboxylic acids is 2. The molecule has 0 spiro atoms. The van der Waals surface area contributed by atoms with E-state index in [2.05, 4.69) is 12.2 Å². The highest BCUT2D eigenvalue weighted by atomic mass is 16.6. The highest BCUT2D eigenvalue weighted by Gasteiger charge is 2.26. The molecule has 3 rings (SSSR count). The fourth-order valence-corrected chi connectivity index (χ4v) is 2.66. The predicted molar refractivity (Wildman–Crippen MR) is 84.0 cm³/mol. The van der Waals surface area contributed by atoms with Gasteiger partial charge in [-0.05, 0) is 30.5 Å². The highest BCUT2D eigenvalue weighted by Crippen LogP contribution is 2.12. The number of carbonyl (C=O) groups is 2. The lowest BCUT2D eigenvalue weighted by molar-refractivity contribution is 0.0553. The summed E-state index contributed by atoms with van der Waals surface area (Å²) in [7, 11) is 0. The van der Waals surface area contributed by atoms with Crippen molar-refractivity contribution < 1.29 is 18.7 Å². The van der Waals surface area contributed by atoms with Gasteiger partial charge in [0.05, 0.1) is 6.26 Å². The van der Waals surface area contributed by atoms with Gasteiger partial charge in [0.25, 0.3) is 5.91 Å². The van der Waals surface area contributed by atoms with Gasteiger partial charge in [-0.15, -0.1) is 0 Å². The molecular formula is C17H20N2O4. The Bertz CT molecular complexity index is 611. The van der Waals surface area contributed by atoms with Gasteiger partial charge in [-0.3, -0.25) is 4.79 Å². The fraction of sp³-hybridized carbons (Fsp3) is 0.412. The molecule has 0 unspecified atom stereocenters. The monoisotopic (exact) mass is 316 g/mol. The lowest BCUT2D eigenvalue weighted by Gasteiger charge is -2.33. The molecule has 1 fully saturated rings. The van der Waals surface area contributed by atoms with E-state index in [0.717, 1.165) is 18.4 Å². The van der Waals surface area contributed by atoms with Gasteiger partial charge in [-0.25, -0.2) is 4.79 Å². The second kappa shape index (κ2) is 7.17. The number of piperazine rings is 1. The Hall–Kier alpha value is -2.50. The number of allylic oxidation sites excluding steroid dienone is 2. The van der Waals surface area contributed by atoms with Gasteiger partial charge in [-0.2, -0.15) is 0 Å². The number of hydrogen-bond acceptors (Lipinski definition) is 4. The predicted octanol–water partition coefficient (Wildman–Crippen LogP) is 2.45. The number of rotatable bonds is 3. The van der Waals surface area contributed by atoms with Crippen LogP contribution in [0.5, 0.6) is 0 Å². The SMILES string of the molecule is O=C(OCC1=CCCC=C1)N1CCN(C(=O)c2ccco2)CC1. The minimum absolute atomic E-state index is 0.138. The van der Waals surface area contributed by atoms with Crippen LogP contribution in [0.3, 0.4) is 0 Å². The maximum atomic E-state index is 12.2. The summed E-state index contributed by atoms with van der Waals surface area (Å²) >= 11 is 0. The van der Waals surface area contributed by atoms with Gasteiger partial charge in [0.2, 0.25) is 0 Å². The van der Waals surface area contributed by atoms with Crippen molar-refractivity contribution in [3.8, 4) is 0 Å². The van der Waals surface area contributed by atoms with Gasteiger partial charge >= 0.3 is 6.09 Å². The van der Waals surface area contributed by atoms with Gasteiger partial charge in [0.15, 0.2) is 5.76 Å². The molecule has 0 N–H and O–H groups in total. The topological polar surface area (TPSA) is 63.0 Å². The molecule has 2 amide bonds. The first-order valence-corrected chi connectivity index (χ1v) is 7.84. The van der Waals surface area contributed by atoms with E-state index in [-0.39, 0.29) is 12.0 Å². The summed E-state index contributed by atoms with van der Waals surface area (Å²) in [5.74, 6) is 0.192. The zero-order valence-corrected chi connectivity index (χ0v) is 12.9. The molecule has 122 valence electrons. The molecule has 0 atom stereocenters. The Morgan fingerprint density at radius 2 is 1.91 bits per heavy atom. The van der Waals surface area contributed by atoms with E-state index in [9.17, 15) is 9.59 Å². The number of furan rings is 1. The number of ether oxygens (including phenoxy) is 1. The van der Waals surface area contributed by atoms with Crippen LogP contribution < -0.4 is 0 Å². The lowest BCUT2D eigenvalue weighted by Crippen LogP contribution is -2.50. The minimum Gasteiger partial charge on any atom is -0.459 e. The van der Waals surface area contributed by atoms with Gasteiger partial charge in [0, 0.05) is 26.2 Å². The Labute approximate surface area is 135 Å². The molecule has 1 aliphatic carbocycles. The van der Waals surface area contributed by atoms with Crippen LogP contribution >= 0.6 is 0 Å². The molecule has 0 radical (unpaired) electrons. The number of amides is 2. The van der Waals surface area contributed by atoms with Crippen LogP contribution in [0.2, 0.25) is 0 Å². The maximum Gasteiger partial charge on any atom is 0.410 e. The van der Waals surface area contributed by atoms with E-state index in [1.165, 1.54) is 6.26 Å². The van der Waals surface area contributed by atoms with Crippen molar-refractivity contribution in [2.75, 3.05) is 32.8 Å². The lowest BCUT2D eigenvalue weighted by atomic mass is 10.1. The summed E-state index contributed by atoms with van der Waals surface area (Å²) in [6, 6.07) is 3.34. The van der Waals surface area contributed by atoms with Crippen LogP contribution in [-0.4, -0.2) is 54.6 Å². The smallest absolute Gasteiger partial charge is 0.410 e. The molecular weight excluding hydrogens is 296 g/mol. The Kier molecular flexibility index (Phi) is 4.80. The first-order valence-electron chi connectivity index (χ1n) is 7.84. The minimum atomic E-state index is -0.324. The molecule has 2 aliphatic rings. The van der Waals surface area contributed by atoms with Crippen LogP contribution in [0, 0.1) is 0 Å². The summed E-state index contributed by atoms with van der Waals surface area (Å²) in [5, 5.41) is 0. The normalized spacial score (nSPS) is 17.8. The summed E-state index contributed by atoms with van der Waals surface area (Å²) in [6.45, 7) is 2.22. The maximum absolute atomic E-state index is 12.2. The highest BCUT2D eigenvalue weighted by molar-refractivity contribution is 5.91. The molecule has 1 aromatic heterocycles. The molecule has 1 aliphatic heterocycles. The Balaban J connectivity index is 1.45. The van der Waals surface area contributed by atoms with Gasteiger partial charge in [0.1, 0.15) is 6.61 Å². The first-order chi connectivity index (χ1) is 11.2. The van der Waals surface area contributed by atoms with Crippen LogP contribution in [0.4, 0.5) is 4.79 Å². The van der Waals surface area contributed by atoms with Crippen LogP contribution in [0.15, 0.2) is 46.6 Å². The van der Waals surface area contributed by atoms with Crippen molar-refractivity contribution >= 4 is 12.0 Å². The van der Waals surface area contributed by atoms with Crippen molar-refractivity contribution in [3.05, 3.63) is 48.0 Å². The number of hydrogen-bond donors (Lipinski definition) is 0. The third-order valence-corrected chi connectivity index (χ3v) is 3.99. The van der Waals surface area contributed by atoms with Gasteiger partial charge < -0.3 is 19.0 Å². The Morgan fingerprint density at radius 3 is 2.57 bits per heavy atom. The summed E-state index contributed by atoms with van der Waals surface area (Å²) in [5.41, 5.74) is 1.04. The molecule has 23 heavy (non-hydrogen) atoms. The van der Waals surface area contributed by atoms with Crippen molar-refractivity contribution in [2.24, 2.45) is 0 Å². The zero-order chi connectivity index (χ0) is 16.1. The molecule has 0 saturated carbocycles. The fourth-order valence-electron chi connectivity index (χ4n) is 2.66. The van der Waals surface area contributed by atoms with E-state index in [1.807, 2.05) is 6.08 Å². The molecule has 1 aromatic rings. The molecule has 0 aromatic carbocycles. The molecule has 2 heterocycles. The molecule has 6 heteroatoms. The average Bonchev–Trinajstić information content (AvgIpc) is 3.15. The van der Waals surface area contributed by atoms with Crippen molar-refractivity contribution in [1.29, 1.82) is 0 Å². The summed E-state index contributed by atoms with van der Waals surface area (Å²) in [4.78, 5) is 27.6. The zero-order valence-electron chi connectivity index (χ0n) is 12.9. The summed E-state index contributed by atoms with van der Waals surface area (Å²) < 4.78 is 10.5. The molecule has 6 nitrogen and oxygen atoms in total. The first kappa shape index (κ1) is 15.4. The third kappa shape index (κ3) is 3.83. The van der Waals surface area contributed by atoms with Crippen molar-refractivity contribution in [1.82, 2.24) is 9.80 Å². The average molecular weight is 316 g/mol. The largest absolute Gasteiger partial charge is 0.459 e. The van der Waals surface area contributed by atoms with E-state index in [4.69, 9.17) is 9.15 Å². The standard InChI is InChI=1S/C17H20N2O4/c20-16(15-7-4-12-22-15)18-8-10-19(11-9-18)17(21)23-13-14-5-2-1-3-6-14/h2,4-7,12H,1,3,8-11,13H2. The van der Waals surface area contributed by atoms with Crippen LogP contribution in [-0.2, 0) is 4.74 Å². The van der Waals surface area contributed by atoms with Crippen molar-refractivity contribution in [3.63, 3.8) is 0 Å². The third-order valence-electron chi connectivity index (χ3n) is 3.99. The van der Waals surface area contributed by atoms with Crippen LogP contribution in [0.1, 0.15) is 23.4 Å². The second-order valence-corrected chi connectivity index (χ2v) is 5.57. The summed E-state index contributed by atoms with van der Waals surface area (Å²) in [6.07, 6.45) is 9.37. The van der Waals surface area contributed by atoms with Crippen molar-refractivity contribution in [2.45, 2.75) is 12.8 Å². The van der Waals surface area contributed by atoms with Gasteiger partial charge in [-0.1, -0.05) is 18.2 Å². The molecule has 1 saturated heterocycles. The quantitative estimate of drug-likeness (QED) is 0.859. The second-order valence-electron chi connectivity index (χ2n) is 5.57. The van der Waals surface area contributed by atoms with Crippen LogP contribution in [0.25, 0.3) is 0 Å². The molecule has 0 bridgehead atoms. The van der Waals surface area contributed by atoms with E-state index in [0.29, 0.717) is 38.5 Å². The number of nitrogens with zero attached hydrogens (tertiary/aromatic N) is 2. The Morgan fingerprint density at radius 1 is 1.13 bits per heavy atom. The van der Waals surface area contributed by atoms with E-state index >= 15 is 0 Å². The van der Waals surface area contributed by atoms with E-state index in [1.54, 1.807) is 21.9 Å².